The van der Waals surface area contributed by atoms with Gasteiger partial charge < -0.3 is 9.97 Å². The Morgan fingerprint density at radius 3 is 1.14 bits per heavy atom. The number of aromatic nitrogens is 4. The van der Waals surface area contributed by atoms with Crippen molar-refractivity contribution in [3.63, 3.8) is 0 Å². The smallest absolute Gasteiger partial charge is 0.0737 e. The molecule has 0 saturated carbocycles. The van der Waals surface area contributed by atoms with Crippen molar-refractivity contribution in [2.24, 2.45) is 0 Å². The van der Waals surface area contributed by atoms with Crippen molar-refractivity contribution in [3.05, 3.63) is 203 Å². The lowest BCUT2D eigenvalue weighted by Crippen LogP contribution is -2.01. The molecule has 0 unspecified atom stereocenters. The number of benzene rings is 5. The van der Waals surface area contributed by atoms with Crippen LogP contribution in [0.2, 0.25) is 0 Å². The molecule has 0 spiro atoms. The molecule has 5 aromatic carbocycles. The van der Waals surface area contributed by atoms with Crippen LogP contribution in [-0.2, 0) is 25.7 Å². The lowest BCUT2D eigenvalue weighted by molar-refractivity contribution is 0.923. The highest BCUT2D eigenvalue weighted by atomic mass is 14.8. The quantitative estimate of drug-likeness (QED) is 0.188. The minimum atomic E-state index is 0.910. The molecule has 3 aromatic heterocycles. The Balaban J connectivity index is 1.27. The Morgan fingerprint density at radius 2 is 0.690 bits per heavy atom. The Morgan fingerprint density at radius 1 is 0.328 bits per heavy atom. The van der Waals surface area contributed by atoms with Crippen LogP contribution in [0.15, 0.2) is 158 Å². The molecule has 0 saturated heterocycles. The molecule has 2 N–H and O–H groups in total. The molecule has 8 aromatic rings. The highest BCUT2D eigenvalue weighted by molar-refractivity contribution is 6.00. The van der Waals surface area contributed by atoms with Gasteiger partial charge in [0.2, 0.25) is 0 Å². The zero-order valence-corrected chi connectivity index (χ0v) is 32.0. The summed E-state index contributed by atoms with van der Waals surface area (Å²) in [5, 5.41) is 0. The zero-order chi connectivity index (χ0) is 38.4. The summed E-state index contributed by atoms with van der Waals surface area (Å²) < 4.78 is 0. The number of aromatic amines is 2. The third kappa shape index (κ3) is 6.20. The van der Waals surface area contributed by atoms with E-state index in [-0.39, 0.29) is 0 Å². The van der Waals surface area contributed by atoms with E-state index in [1.807, 2.05) is 0 Å². The number of rotatable bonds is 4. The van der Waals surface area contributed by atoms with Crippen LogP contribution in [-0.4, -0.2) is 19.9 Å². The fraction of sp³-hybridized carbons (Fsp3) is 0.0741. The van der Waals surface area contributed by atoms with Crippen LogP contribution in [0.25, 0.3) is 90.9 Å². The van der Waals surface area contributed by atoms with Gasteiger partial charge in [-0.1, -0.05) is 133 Å². The molecule has 0 radical (unpaired) electrons. The zero-order valence-electron chi connectivity index (χ0n) is 32.0. The third-order valence-electron chi connectivity index (χ3n) is 11.8. The lowest BCUT2D eigenvalue weighted by atomic mass is 9.90. The molecule has 0 amide bonds. The molecule has 0 fully saturated rings. The summed E-state index contributed by atoms with van der Waals surface area (Å²) in [6.45, 7) is 0. The van der Waals surface area contributed by atoms with Gasteiger partial charge >= 0.3 is 0 Å². The minimum Gasteiger partial charge on any atom is -0.354 e. The first kappa shape index (κ1) is 34.0. The predicted octanol–water partition coefficient (Wildman–Crippen LogP) is 13.2. The molecule has 276 valence electrons. The predicted molar refractivity (Wildman–Crippen MR) is 242 cm³/mol. The van der Waals surface area contributed by atoms with E-state index in [0.717, 1.165) is 109 Å². The average molecular weight is 745 g/mol. The van der Waals surface area contributed by atoms with E-state index in [0.29, 0.717) is 0 Å². The summed E-state index contributed by atoms with van der Waals surface area (Å²) in [6, 6.07) is 57.0. The third-order valence-corrected chi connectivity index (χ3v) is 11.8. The summed E-state index contributed by atoms with van der Waals surface area (Å²) in [4.78, 5) is 18.8. The fourth-order valence-corrected chi connectivity index (χ4v) is 8.88. The van der Waals surface area contributed by atoms with Crippen LogP contribution >= 0.6 is 0 Å². The van der Waals surface area contributed by atoms with Gasteiger partial charge in [0.25, 0.3) is 0 Å². The second-order valence-corrected chi connectivity index (χ2v) is 15.4. The van der Waals surface area contributed by atoms with Crippen LogP contribution < -0.4 is 0 Å². The summed E-state index contributed by atoms with van der Waals surface area (Å²) in [7, 11) is 0. The van der Waals surface area contributed by atoms with Crippen molar-refractivity contribution in [3.8, 4) is 44.5 Å². The lowest BCUT2D eigenvalue weighted by Gasteiger charge is -2.15. The Hall–Kier alpha value is -7.30. The van der Waals surface area contributed by atoms with Crippen LogP contribution in [0.5, 0.6) is 0 Å². The van der Waals surface area contributed by atoms with Gasteiger partial charge in [-0.3, -0.25) is 0 Å². The average Bonchev–Trinajstić information content (AvgIpc) is 4.12. The number of nitrogens with one attached hydrogen (secondary N) is 2. The number of H-pyrrole nitrogens is 2. The van der Waals surface area contributed by atoms with Crippen molar-refractivity contribution in [1.82, 2.24) is 19.9 Å². The van der Waals surface area contributed by atoms with Crippen molar-refractivity contribution in [2.75, 3.05) is 0 Å². The number of aryl methyl sites for hydroxylation is 4. The number of nitrogens with zero attached hydrogens (tertiary/aromatic N) is 2. The fourth-order valence-electron chi connectivity index (χ4n) is 8.88. The molecule has 4 heteroatoms. The summed E-state index contributed by atoms with van der Waals surface area (Å²) >= 11 is 0. The second kappa shape index (κ2) is 14.3. The van der Waals surface area contributed by atoms with Gasteiger partial charge in [-0.2, -0.15) is 0 Å². The molecular formula is C54H40N4. The molecule has 2 aliphatic heterocycles. The maximum Gasteiger partial charge on any atom is 0.0737 e. The van der Waals surface area contributed by atoms with Crippen molar-refractivity contribution < 1.29 is 0 Å². The summed E-state index contributed by atoms with van der Waals surface area (Å²) in [5.74, 6) is 0. The van der Waals surface area contributed by atoms with Crippen LogP contribution in [0.1, 0.15) is 45.0 Å². The molecule has 14 rings (SSSR count). The van der Waals surface area contributed by atoms with Crippen LogP contribution in [0, 0.1) is 0 Å². The summed E-state index contributed by atoms with van der Waals surface area (Å²) in [5.41, 5.74) is 21.9. The van der Waals surface area contributed by atoms with E-state index in [1.165, 1.54) is 27.8 Å². The van der Waals surface area contributed by atoms with Crippen LogP contribution in [0.3, 0.4) is 0 Å². The first-order valence-corrected chi connectivity index (χ1v) is 20.2. The Kier molecular flexibility index (Phi) is 8.40. The van der Waals surface area contributed by atoms with E-state index in [2.05, 4.69) is 192 Å². The van der Waals surface area contributed by atoms with E-state index >= 15 is 0 Å². The van der Waals surface area contributed by atoms with E-state index in [9.17, 15) is 0 Å². The Labute approximate surface area is 338 Å². The molecule has 6 aliphatic rings. The second-order valence-electron chi connectivity index (χ2n) is 15.4. The molecule has 4 aliphatic carbocycles. The van der Waals surface area contributed by atoms with Crippen molar-refractivity contribution in [2.45, 2.75) is 25.7 Å². The molecule has 0 atom stereocenters. The first-order chi connectivity index (χ1) is 28.7. The minimum absolute atomic E-state index is 0.910. The van der Waals surface area contributed by atoms with E-state index < -0.39 is 0 Å². The maximum atomic E-state index is 5.58. The van der Waals surface area contributed by atoms with E-state index in [1.54, 1.807) is 0 Å². The standard InChI is InChI=1S/C54H40N4/c1-4-10-39(11-5-1)51-43-26-28-45(55-43)52(40-12-6-2-7-13-40)47-30-32-49(57-47)54(42-34-37-21-20-35-16-18-36(19-17-35)22-24-38(42)25-23-37)50-33-31-48(58-50)53(41-14-8-3-9-15-41)46-29-27-44(51)56-46/h1-19,23,25-34,55,58H,20-22,24H2. The SMILES string of the molecule is C1=Cc2nc1c(-c1ccccc1)c1ccc([nH]1)c(-c1ccccc1)c1nc(c(-c3cc4ccc3CCc3ccc(cc3)CC4)c3ccc([nH]3)c2-c2ccccc2)C=C1. The summed E-state index contributed by atoms with van der Waals surface area (Å²) in [6.07, 6.45) is 12.6. The largest absolute Gasteiger partial charge is 0.354 e. The first-order valence-electron chi connectivity index (χ1n) is 20.2. The van der Waals surface area contributed by atoms with Gasteiger partial charge in [0, 0.05) is 44.3 Å². The van der Waals surface area contributed by atoms with Crippen molar-refractivity contribution >= 4 is 46.4 Å². The van der Waals surface area contributed by atoms with E-state index in [4.69, 9.17) is 9.97 Å². The van der Waals surface area contributed by atoms with Gasteiger partial charge in [0.1, 0.15) is 0 Å². The van der Waals surface area contributed by atoms with Gasteiger partial charge in [0.05, 0.1) is 22.8 Å². The van der Waals surface area contributed by atoms with Gasteiger partial charge in [-0.15, -0.1) is 0 Å². The maximum absolute atomic E-state index is 5.58. The Bertz CT molecular complexity index is 3040. The monoisotopic (exact) mass is 744 g/mol. The van der Waals surface area contributed by atoms with Crippen LogP contribution in [0.4, 0.5) is 0 Å². The molecule has 58 heavy (non-hydrogen) atoms. The number of hydrogen-bond donors (Lipinski definition) is 2. The molecular weight excluding hydrogens is 705 g/mol. The molecule has 12 bridgehead atoms. The molecule has 4 nitrogen and oxygen atoms in total. The van der Waals surface area contributed by atoms with Crippen molar-refractivity contribution in [1.29, 1.82) is 0 Å². The highest BCUT2D eigenvalue weighted by Crippen LogP contribution is 2.39. The number of fused-ring (bicyclic) bond motifs is 8. The molecule has 5 heterocycles. The highest BCUT2D eigenvalue weighted by Gasteiger charge is 2.20. The van der Waals surface area contributed by atoms with Gasteiger partial charge in [-0.25, -0.2) is 9.97 Å². The number of hydrogen-bond acceptors (Lipinski definition) is 2. The van der Waals surface area contributed by atoms with Gasteiger partial charge in [0.15, 0.2) is 0 Å². The normalized spacial score (nSPS) is 13.1. The van der Waals surface area contributed by atoms with Gasteiger partial charge in [-0.05, 0) is 119 Å². The topological polar surface area (TPSA) is 57.4 Å².